The molecule has 1 aliphatic heterocycles. The SMILES string of the molecule is C=CC(=O)NC1CCN(c2ncc3ncnc(Nc4ccc(Oc5ccc6c(c5)nnn6C)c(C)c4)c3n2)CC1. The summed E-state index contributed by atoms with van der Waals surface area (Å²) < 4.78 is 7.86. The molecule has 5 aromatic rings. The molecule has 1 aliphatic rings. The second-order valence-corrected chi connectivity index (χ2v) is 9.67. The number of aryl methyl sites for hydroxylation is 2. The van der Waals surface area contributed by atoms with E-state index in [0.717, 1.165) is 54.0 Å². The van der Waals surface area contributed by atoms with Gasteiger partial charge in [-0.25, -0.2) is 24.6 Å². The molecule has 1 amide bonds. The van der Waals surface area contributed by atoms with Crippen LogP contribution >= 0.6 is 0 Å². The van der Waals surface area contributed by atoms with Crippen LogP contribution in [0.25, 0.3) is 22.1 Å². The number of amides is 1. The average molecular weight is 537 g/mol. The van der Waals surface area contributed by atoms with Gasteiger partial charge in [0, 0.05) is 37.9 Å². The highest BCUT2D eigenvalue weighted by Crippen LogP contribution is 2.31. The van der Waals surface area contributed by atoms with E-state index in [4.69, 9.17) is 9.72 Å². The zero-order valence-corrected chi connectivity index (χ0v) is 22.2. The molecule has 0 atom stereocenters. The first kappa shape index (κ1) is 25.2. The van der Waals surface area contributed by atoms with Gasteiger partial charge in [0.05, 0.1) is 11.7 Å². The van der Waals surface area contributed by atoms with E-state index in [1.54, 1.807) is 10.9 Å². The fourth-order valence-electron chi connectivity index (χ4n) is 4.76. The van der Waals surface area contributed by atoms with Gasteiger partial charge in [0.2, 0.25) is 11.9 Å². The number of piperidine rings is 1. The van der Waals surface area contributed by atoms with E-state index in [1.165, 1.54) is 12.4 Å². The number of ether oxygens (including phenoxy) is 1. The van der Waals surface area contributed by atoms with Crippen molar-refractivity contribution in [1.29, 1.82) is 0 Å². The van der Waals surface area contributed by atoms with Crippen molar-refractivity contribution >= 4 is 45.4 Å². The number of nitrogens with one attached hydrogen (secondary N) is 2. The van der Waals surface area contributed by atoms with Gasteiger partial charge in [-0.3, -0.25) is 4.79 Å². The summed E-state index contributed by atoms with van der Waals surface area (Å²) in [6, 6.07) is 11.7. The lowest BCUT2D eigenvalue weighted by Gasteiger charge is -2.32. The van der Waals surface area contributed by atoms with Crippen molar-refractivity contribution in [3.05, 3.63) is 67.1 Å². The Labute approximate surface area is 230 Å². The molecule has 0 spiro atoms. The Kier molecular flexibility index (Phi) is 6.64. The number of benzene rings is 2. The predicted octanol–water partition coefficient (Wildman–Crippen LogP) is 3.82. The number of fused-ring (bicyclic) bond motifs is 2. The second kappa shape index (κ2) is 10.6. The van der Waals surface area contributed by atoms with Gasteiger partial charge in [-0.2, -0.15) is 0 Å². The fraction of sp³-hybridized carbons (Fsp3) is 0.250. The van der Waals surface area contributed by atoms with Crippen molar-refractivity contribution in [2.75, 3.05) is 23.3 Å². The predicted molar refractivity (Wildman–Crippen MR) is 152 cm³/mol. The zero-order chi connectivity index (χ0) is 27.6. The number of hydrogen-bond acceptors (Lipinski definition) is 10. The van der Waals surface area contributed by atoms with Crippen LogP contribution in [0, 0.1) is 6.92 Å². The highest BCUT2D eigenvalue weighted by molar-refractivity contribution is 5.88. The van der Waals surface area contributed by atoms with Crippen molar-refractivity contribution in [3.8, 4) is 11.5 Å². The molecule has 0 aliphatic carbocycles. The van der Waals surface area contributed by atoms with Crippen LogP contribution in [0.15, 0.2) is 61.6 Å². The van der Waals surface area contributed by atoms with Crippen molar-refractivity contribution in [3.63, 3.8) is 0 Å². The molecule has 202 valence electrons. The summed E-state index contributed by atoms with van der Waals surface area (Å²) in [6.07, 6.45) is 6.12. The monoisotopic (exact) mass is 536 g/mol. The molecule has 2 aromatic carbocycles. The van der Waals surface area contributed by atoms with Crippen LogP contribution < -0.4 is 20.3 Å². The molecular weight excluding hydrogens is 508 g/mol. The number of carbonyl (C=O) groups excluding carboxylic acids is 1. The fourth-order valence-corrected chi connectivity index (χ4v) is 4.76. The van der Waals surface area contributed by atoms with E-state index in [9.17, 15) is 4.79 Å². The summed E-state index contributed by atoms with van der Waals surface area (Å²) in [7, 11) is 1.86. The Morgan fingerprint density at radius 1 is 1.10 bits per heavy atom. The van der Waals surface area contributed by atoms with Gasteiger partial charge < -0.3 is 20.3 Å². The Balaban J connectivity index is 1.18. The minimum atomic E-state index is -0.147. The third-order valence-electron chi connectivity index (χ3n) is 6.92. The maximum absolute atomic E-state index is 11.6. The van der Waals surface area contributed by atoms with Gasteiger partial charge in [-0.05, 0) is 61.7 Å². The second-order valence-electron chi connectivity index (χ2n) is 9.67. The molecule has 0 saturated carbocycles. The lowest BCUT2D eigenvalue weighted by molar-refractivity contribution is -0.117. The standard InChI is InChI=1S/C28H28N10O2/c1-4-25(39)32-18-9-11-38(12-10-18)28-29-15-22-26(34-28)27(31-16-30-22)33-19-5-8-24(17(2)13-19)40-20-6-7-23-21(14-20)35-36-37(23)3/h4-8,13-16,18H,1,9-12H2,2-3H3,(H,32,39)(H,30,31,33). The molecule has 2 N–H and O–H groups in total. The first-order chi connectivity index (χ1) is 19.5. The molecular formula is C28H28N10O2. The molecule has 1 saturated heterocycles. The Bertz CT molecular complexity index is 1730. The Hall–Kier alpha value is -5.13. The number of carbonyl (C=O) groups is 1. The van der Waals surface area contributed by atoms with E-state index < -0.39 is 0 Å². The van der Waals surface area contributed by atoms with Crippen LogP contribution in [-0.4, -0.2) is 60.0 Å². The highest BCUT2D eigenvalue weighted by atomic mass is 16.5. The van der Waals surface area contributed by atoms with Crippen molar-refractivity contribution < 1.29 is 9.53 Å². The molecule has 6 rings (SSSR count). The minimum absolute atomic E-state index is 0.118. The summed E-state index contributed by atoms with van der Waals surface area (Å²) >= 11 is 0. The van der Waals surface area contributed by atoms with Crippen molar-refractivity contribution in [2.45, 2.75) is 25.8 Å². The van der Waals surface area contributed by atoms with Crippen LogP contribution in [0.1, 0.15) is 18.4 Å². The third kappa shape index (κ3) is 5.10. The van der Waals surface area contributed by atoms with Gasteiger partial charge >= 0.3 is 0 Å². The van der Waals surface area contributed by atoms with Crippen molar-refractivity contribution in [2.24, 2.45) is 7.05 Å². The summed E-state index contributed by atoms with van der Waals surface area (Å²) in [5.41, 5.74) is 4.78. The van der Waals surface area contributed by atoms with Gasteiger partial charge in [0.15, 0.2) is 5.82 Å². The normalized spacial score (nSPS) is 13.9. The molecule has 12 nitrogen and oxygen atoms in total. The molecule has 4 heterocycles. The highest BCUT2D eigenvalue weighted by Gasteiger charge is 2.22. The third-order valence-corrected chi connectivity index (χ3v) is 6.92. The van der Waals surface area contributed by atoms with E-state index in [2.05, 4.69) is 47.4 Å². The van der Waals surface area contributed by atoms with Crippen LogP contribution in [0.2, 0.25) is 0 Å². The molecule has 1 fully saturated rings. The van der Waals surface area contributed by atoms with E-state index in [0.29, 0.717) is 28.5 Å². The van der Waals surface area contributed by atoms with Crippen LogP contribution in [-0.2, 0) is 11.8 Å². The van der Waals surface area contributed by atoms with E-state index >= 15 is 0 Å². The quantitative estimate of drug-likeness (QED) is 0.296. The molecule has 0 radical (unpaired) electrons. The average Bonchev–Trinajstić information content (AvgIpc) is 3.34. The number of aromatic nitrogens is 7. The van der Waals surface area contributed by atoms with Crippen LogP contribution in [0.3, 0.4) is 0 Å². The zero-order valence-electron chi connectivity index (χ0n) is 22.2. The van der Waals surface area contributed by atoms with Gasteiger partial charge in [0.1, 0.15) is 34.4 Å². The number of nitrogens with zero attached hydrogens (tertiary/aromatic N) is 8. The summed E-state index contributed by atoms with van der Waals surface area (Å²) in [6.45, 7) is 6.97. The molecule has 3 aromatic heterocycles. The number of anilines is 3. The van der Waals surface area contributed by atoms with Crippen molar-refractivity contribution in [1.82, 2.24) is 40.2 Å². The Morgan fingerprint density at radius 2 is 1.95 bits per heavy atom. The molecule has 0 unspecified atom stereocenters. The molecule has 40 heavy (non-hydrogen) atoms. The summed E-state index contributed by atoms with van der Waals surface area (Å²) in [5.74, 6) is 2.47. The lowest BCUT2D eigenvalue weighted by Crippen LogP contribution is -2.44. The topological polar surface area (TPSA) is 136 Å². The minimum Gasteiger partial charge on any atom is -0.457 e. The summed E-state index contributed by atoms with van der Waals surface area (Å²) in [4.78, 5) is 31.9. The maximum Gasteiger partial charge on any atom is 0.243 e. The van der Waals surface area contributed by atoms with Gasteiger partial charge in [-0.1, -0.05) is 11.8 Å². The van der Waals surface area contributed by atoms with E-state index in [1.807, 2.05) is 50.4 Å². The first-order valence-corrected chi connectivity index (χ1v) is 13.0. The smallest absolute Gasteiger partial charge is 0.243 e. The molecule has 0 bridgehead atoms. The molecule has 12 heteroatoms. The van der Waals surface area contributed by atoms with Gasteiger partial charge in [-0.15, -0.1) is 5.10 Å². The maximum atomic E-state index is 11.6. The number of rotatable bonds is 7. The largest absolute Gasteiger partial charge is 0.457 e. The van der Waals surface area contributed by atoms with Crippen LogP contribution in [0.5, 0.6) is 11.5 Å². The summed E-state index contributed by atoms with van der Waals surface area (Å²) in [5, 5.41) is 14.6. The van der Waals surface area contributed by atoms with E-state index in [-0.39, 0.29) is 11.9 Å². The lowest BCUT2D eigenvalue weighted by atomic mass is 10.1. The van der Waals surface area contributed by atoms with Crippen LogP contribution in [0.4, 0.5) is 17.5 Å². The Morgan fingerprint density at radius 3 is 2.75 bits per heavy atom. The first-order valence-electron chi connectivity index (χ1n) is 13.0. The van der Waals surface area contributed by atoms with Gasteiger partial charge in [0.25, 0.3) is 0 Å². The number of hydrogen-bond donors (Lipinski definition) is 2.